The number of ether oxygens (including phenoxy) is 1. The third-order valence-electron chi connectivity index (χ3n) is 1.31. The van der Waals surface area contributed by atoms with E-state index in [2.05, 4.69) is 4.74 Å². The van der Waals surface area contributed by atoms with E-state index in [4.69, 9.17) is 10.2 Å². The predicted octanol–water partition coefficient (Wildman–Crippen LogP) is 1.29. The van der Waals surface area contributed by atoms with Crippen molar-refractivity contribution in [2.75, 3.05) is 6.61 Å². The highest BCUT2D eigenvalue weighted by atomic mass is 16.5. The zero-order chi connectivity index (χ0) is 13.0. The molecule has 0 amide bonds. The Morgan fingerprint density at radius 3 is 1.69 bits per heavy atom. The van der Waals surface area contributed by atoms with Gasteiger partial charge in [-0.15, -0.1) is 0 Å². The number of carbonyl (C=O) groups is 3. The Morgan fingerprint density at radius 2 is 1.44 bits per heavy atom. The fourth-order valence-corrected chi connectivity index (χ4v) is 0.656. The van der Waals surface area contributed by atoms with Crippen molar-refractivity contribution in [3.05, 3.63) is 0 Å². The first-order valence-electron chi connectivity index (χ1n) is 5.03. The third-order valence-corrected chi connectivity index (χ3v) is 1.31. The molecule has 0 aliphatic rings. The van der Waals surface area contributed by atoms with Crippen LogP contribution >= 0.6 is 0 Å². The van der Waals surface area contributed by atoms with Gasteiger partial charge < -0.3 is 14.9 Å². The molecule has 0 aliphatic carbocycles. The molecule has 0 spiro atoms. The highest BCUT2D eigenvalue weighted by Gasteiger charge is 2.04. The molecular weight excluding hydrogens is 216 g/mol. The molecule has 94 valence electrons. The summed E-state index contributed by atoms with van der Waals surface area (Å²) in [5.41, 5.74) is 0. The van der Waals surface area contributed by atoms with Gasteiger partial charge in [-0.25, -0.2) is 0 Å². The van der Waals surface area contributed by atoms with E-state index >= 15 is 0 Å². The van der Waals surface area contributed by atoms with Gasteiger partial charge in [0.15, 0.2) is 0 Å². The van der Waals surface area contributed by atoms with E-state index in [1.165, 1.54) is 0 Å². The van der Waals surface area contributed by atoms with Crippen LogP contribution in [0.3, 0.4) is 0 Å². The molecular formula is C10H18O6. The summed E-state index contributed by atoms with van der Waals surface area (Å²) in [6, 6.07) is 0. The maximum absolute atomic E-state index is 10.5. The first-order valence-corrected chi connectivity index (χ1v) is 5.03. The molecule has 0 aromatic rings. The second-order valence-electron chi connectivity index (χ2n) is 2.84. The van der Waals surface area contributed by atoms with E-state index in [9.17, 15) is 14.4 Å². The van der Waals surface area contributed by atoms with Crippen molar-refractivity contribution in [3.63, 3.8) is 0 Å². The first-order chi connectivity index (χ1) is 7.43. The molecule has 0 heterocycles. The summed E-state index contributed by atoms with van der Waals surface area (Å²) >= 11 is 0. The van der Waals surface area contributed by atoms with Gasteiger partial charge in [-0.1, -0.05) is 6.92 Å². The standard InChI is InChI=1S/C6H10O4.C4H8O2/c1-2-10-6(9)4-3-5(7)8;1-2-3-4(5)6/h2-4H2,1H3,(H,7,8);2-3H2,1H3,(H,5,6). The van der Waals surface area contributed by atoms with E-state index in [1.54, 1.807) is 6.92 Å². The largest absolute Gasteiger partial charge is 0.481 e. The van der Waals surface area contributed by atoms with Crippen molar-refractivity contribution in [1.82, 2.24) is 0 Å². The van der Waals surface area contributed by atoms with Gasteiger partial charge in [-0.05, 0) is 13.3 Å². The van der Waals surface area contributed by atoms with Gasteiger partial charge >= 0.3 is 17.9 Å². The van der Waals surface area contributed by atoms with Gasteiger partial charge in [0, 0.05) is 6.42 Å². The van der Waals surface area contributed by atoms with Crippen molar-refractivity contribution in [3.8, 4) is 0 Å². The quantitative estimate of drug-likeness (QED) is 0.671. The van der Waals surface area contributed by atoms with Gasteiger partial charge in [-0.3, -0.25) is 14.4 Å². The third kappa shape index (κ3) is 18.2. The molecule has 0 rings (SSSR count). The number of hydrogen-bond donors (Lipinski definition) is 2. The molecule has 0 aromatic heterocycles. The maximum Gasteiger partial charge on any atom is 0.306 e. The van der Waals surface area contributed by atoms with Gasteiger partial charge in [0.1, 0.15) is 0 Å². The lowest BCUT2D eigenvalue weighted by molar-refractivity contribution is -0.147. The summed E-state index contributed by atoms with van der Waals surface area (Å²) in [7, 11) is 0. The minimum Gasteiger partial charge on any atom is -0.481 e. The maximum atomic E-state index is 10.5. The van der Waals surface area contributed by atoms with Crippen LogP contribution < -0.4 is 0 Å². The highest BCUT2D eigenvalue weighted by molar-refractivity contribution is 5.76. The topological polar surface area (TPSA) is 101 Å². The molecule has 0 unspecified atom stereocenters. The van der Waals surface area contributed by atoms with Crippen molar-refractivity contribution in [1.29, 1.82) is 0 Å². The number of aliphatic carboxylic acids is 2. The minimum absolute atomic E-state index is 0.0385. The Balaban J connectivity index is 0. The predicted molar refractivity (Wildman–Crippen MR) is 56.0 cm³/mol. The lowest BCUT2D eigenvalue weighted by atomic mass is 10.3. The molecule has 6 nitrogen and oxygen atoms in total. The van der Waals surface area contributed by atoms with Gasteiger partial charge in [0.2, 0.25) is 0 Å². The molecule has 0 atom stereocenters. The molecule has 2 N–H and O–H groups in total. The fraction of sp³-hybridized carbons (Fsp3) is 0.700. The van der Waals surface area contributed by atoms with Crippen LogP contribution in [0.2, 0.25) is 0 Å². The molecule has 6 heteroatoms. The first kappa shape index (κ1) is 16.8. The summed E-state index contributed by atoms with van der Waals surface area (Å²) in [4.78, 5) is 30.0. The lowest BCUT2D eigenvalue weighted by Gasteiger charge is -1.97. The Labute approximate surface area is 94.2 Å². The number of esters is 1. The smallest absolute Gasteiger partial charge is 0.306 e. The molecule has 0 bridgehead atoms. The summed E-state index contributed by atoms with van der Waals surface area (Å²) in [5.74, 6) is -2.14. The Morgan fingerprint density at radius 1 is 0.938 bits per heavy atom. The van der Waals surface area contributed by atoms with Crippen molar-refractivity contribution in [2.24, 2.45) is 0 Å². The van der Waals surface area contributed by atoms with Crippen molar-refractivity contribution in [2.45, 2.75) is 39.5 Å². The van der Waals surface area contributed by atoms with E-state index in [0.717, 1.165) is 6.42 Å². The van der Waals surface area contributed by atoms with E-state index < -0.39 is 17.9 Å². The van der Waals surface area contributed by atoms with Crippen molar-refractivity contribution >= 4 is 17.9 Å². The van der Waals surface area contributed by atoms with Gasteiger partial charge in [0.05, 0.1) is 19.4 Å². The van der Waals surface area contributed by atoms with Crippen LogP contribution in [-0.4, -0.2) is 34.7 Å². The molecule has 0 saturated carbocycles. The van der Waals surface area contributed by atoms with Crippen LogP contribution in [0.4, 0.5) is 0 Å². The lowest BCUT2D eigenvalue weighted by Crippen LogP contribution is -2.06. The average molecular weight is 234 g/mol. The zero-order valence-electron chi connectivity index (χ0n) is 9.56. The summed E-state index contributed by atoms with van der Waals surface area (Å²) in [6.45, 7) is 3.82. The Kier molecular flexibility index (Phi) is 12.1. The van der Waals surface area contributed by atoms with Crippen LogP contribution in [0.15, 0.2) is 0 Å². The average Bonchev–Trinajstić information content (AvgIpc) is 2.16. The number of carboxylic acid groups (broad SMARTS) is 2. The second kappa shape index (κ2) is 11.5. The van der Waals surface area contributed by atoms with Crippen LogP contribution in [0.1, 0.15) is 39.5 Å². The number of carboxylic acids is 2. The van der Waals surface area contributed by atoms with E-state index in [-0.39, 0.29) is 12.8 Å². The number of hydrogen-bond acceptors (Lipinski definition) is 4. The molecule has 16 heavy (non-hydrogen) atoms. The number of rotatable bonds is 6. The molecule has 0 radical (unpaired) electrons. The Hall–Kier alpha value is -1.59. The van der Waals surface area contributed by atoms with Crippen molar-refractivity contribution < 1.29 is 29.3 Å². The van der Waals surface area contributed by atoms with Crippen LogP contribution in [-0.2, 0) is 19.1 Å². The fourth-order valence-electron chi connectivity index (χ4n) is 0.656. The molecule has 0 fully saturated rings. The zero-order valence-corrected chi connectivity index (χ0v) is 9.56. The van der Waals surface area contributed by atoms with Crippen LogP contribution in [0, 0.1) is 0 Å². The summed E-state index contributed by atoms with van der Waals surface area (Å²) in [6.07, 6.45) is 0.831. The highest BCUT2D eigenvalue weighted by Crippen LogP contribution is 1.91. The number of carbonyl (C=O) groups excluding carboxylic acids is 1. The molecule has 0 aromatic carbocycles. The normalized spacial score (nSPS) is 8.62. The second-order valence-corrected chi connectivity index (χ2v) is 2.84. The summed E-state index contributed by atoms with van der Waals surface area (Å²) < 4.78 is 4.49. The van der Waals surface area contributed by atoms with E-state index in [0.29, 0.717) is 13.0 Å². The van der Waals surface area contributed by atoms with Gasteiger partial charge in [-0.2, -0.15) is 0 Å². The monoisotopic (exact) mass is 234 g/mol. The van der Waals surface area contributed by atoms with E-state index in [1.807, 2.05) is 6.92 Å². The molecule has 0 saturated heterocycles. The van der Waals surface area contributed by atoms with Crippen LogP contribution in [0.5, 0.6) is 0 Å². The SMILES string of the molecule is CCCC(=O)O.CCOC(=O)CCC(=O)O. The van der Waals surface area contributed by atoms with Gasteiger partial charge in [0.25, 0.3) is 0 Å². The minimum atomic E-state index is -0.979. The summed E-state index contributed by atoms with van der Waals surface area (Å²) in [5, 5.41) is 16.0. The van der Waals surface area contributed by atoms with Crippen LogP contribution in [0.25, 0.3) is 0 Å². The molecule has 0 aliphatic heterocycles. The Bertz CT molecular complexity index is 223.